The number of benzene rings is 6. The van der Waals surface area contributed by atoms with Gasteiger partial charge in [0.2, 0.25) is 17.2 Å². The number of rotatable bonds is 12. The quantitative estimate of drug-likeness (QED) is 0.0974. The zero-order chi connectivity index (χ0) is 49.1. The summed E-state index contributed by atoms with van der Waals surface area (Å²) >= 11 is 17.6. The molecule has 0 unspecified atom stereocenters. The van der Waals surface area contributed by atoms with Crippen LogP contribution in [0.4, 0.5) is 46.0 Å². The van der Waals surface area contributed by atoms with E-state index in [0.717, 1.165) is 24.3 Å². The van der Waals surface area contributed by atoms with E-state index in [0.29, 0.717) is 24.3 Å². The van der Waals surface area contributed by atoms with Crippen LogP contribution >= 0.6 is 34.8 Å². The van der Waals surface area contributed by atoms with Crippen molar-refractivity contribution in [2.24, 2.45) is 20.5 Å². The van der Waals surface area contributed by atoms with E-state index in [9.17, 15) is 72.3 Å². The Morgan fingerprint density at radius 1 is 0.449 bits per heavy atom. The molecule has 0 amide bonds. The molecule has 366 valence electrons. The number of fused-ring (bicyclic) bond motifs is 2. The van der Waals surface area contributed by atoms with Crippen LogP contribution in [0.1, 0.15) is 0 Å². The minimum Gasteiger partial charge on any atom is -0.871 e. The van der Waals surface area contributed by atoms with E-state index < -0.39 is 121 Å². The average Bonchev–Trinajstić information content (AvgIpc) is 3.20. The topological polar surface area (TPSA) is 433 Å². The molecule has 0 saturated heterocycles. The Hall–Kier alpha value is -5.60. The van der Waals surface area contributed by atoms with Crippen LogP contribution in [-0.2, 0) is 74.6 Å². The van der Waals surface area contributed by atoms with Crippen LogP contribution in [0.25, 0.3) is 21.5 Å². The molecule has 0 bridgehead atoms. The maximum Gasteiger partial charge on any atom is 2.00 e. The third-order valence-electron chi connectivity index (χ3n) is 8.81. The molecule has 6 aromatic carbocycles. The Labute approximate surface area is 422 Å². The molecule has 0 saturated carbocycles. The van der Waals surface area contributed by atoms with Crippen LogP contribution in [0.3, 0.4) is 0 Å². The van der Waals surface area contributed by atoms with Gasteiger partial charge in [-0.15, -0.1) is 10.2 Å². The van der Waals surface area contributed by atoms with Gasteiger partial charge in [-0.25, -0.2) is 33.7 Å². The summed E-state index contributed by atoms with van der Waals surface area (Å²) in [5.41, 5.74) is -3.80. The van der Waals surface area contributed by atoms with Crippen molar-refractivity contribution in [2.45, 2.75) is 19.6 Å². The Balaban J connectivity index is 0.00000444. The maximum absolute atomic E-state index is 13.5. The van der Waals surface area contributed by atoms with Crippen molar-refractivity contribution < 1.29 is 106 Å². The Bertz CT molecular complexity index is 3580. The molecule has 0 spiro atoms. The van der Waals surface area contributed by atoms with Crippen molar-refractivity contribution in [2.75, 3.05) is 10.6 Å². The number of azo groups is 2. The Kier molecular flexibility index (Phi) is 15.8. The fourth-order valence-corrected chi connectivity index (χ4v) is 8.91. The van der Waals surface area contributed by atoms with Crippen LogP contribution in [0.2, 0.25) is 15.3 Å². The zero-order valence-corrected chi connectivity index (χ0v) is 39.9. The second-order valence-electron chi connectivity index (χ2n) is 13.2. The first-order chi connectivity index (χ1) is 31.1. The number of hydrogen-bond donors (Lipinski definition) is 2. The van der Waals surface area contributed by atoms with Crippen LogP contribution in [0.5, 0.6) is 23.0 Å². The van der Waals surface area contributed by atoms with Gasteiger partial charge in [-0.05, 0) is 93.8 Å². The zero-order valence-electron chi connectivity index (χ0n) is 32.5. The number of nitrogens with one attached hydrogen (secondary N) is 2. The van der Waals surface area contributed by atoms with Gasteiger partial charge in [-0.2, -0.15) is 25.2 Å². The molecule has 7 rings (SSSR count). The molecule has 2 radical (unpaired) electrons. The number of aromatic nitrogens is 3. The monoisotopic (exact) mass is 1170 g/mol. The van der Waals surface area contributed by atoms with E-state index in [1.807, 2.05) is 0 Å². The van der Waals surface area contributed by atoms with Crippen molar-refractivity contribution in [1.82, 2.24) is 15.0 Å². The summed E-state index contributed by atoms with van der Waals surface area (Å²) < 4.78 is 143. The van der Waals surface area contributed by atoms with Crippen LogP contribution < -0.4 is 31.1 Å². The van der Waals surface area contributed by atoms with E-state index in [1.54, 1.807) is 0 Å². The minimum absolute atomic E-state index is 0. The van der Waals surface area contributed by atoms with Gasteiger partial charge >= 0.3 is 34.1 Å². The summed E-state index contributed by atoms with van der Waals surface area (Å²) in [5.74, 6) is -5.26. The predicted octanol–water partition coefficient (Wildman–Crippen LogP) is 4.36. The largest absolute Gasteiger partial charge is 2.00 e. The standard InChI is InChI=1S/C35H22Cl3N9O16S4.2Cu/c36-21-9-17(64(52,53)54)11-23(31(21)50)44-46-27-25(66(58,59)60)7-13-5-15(1-3-19(13)29(27)48)39-34-41-33(38)42-35(43-34)40-16-2-4-20-14(6-16)8-26(67(61,62)63)28(30(20)49)47-45-24-12-18(65(55,56)57)10-22(37)32(24)51;;/h1-12,48-51H,(H,52,53,54)(H,55,56,57)(H,58,59,60)(H,61,62,63)(H2,39,40,41,42,43);;/q;2*+2/p-8. The summed E-state index contributed by atoms with van der Waals surface area (Å²) in [6, 6.07) is 10.7. The molecule has 0 aliphatic carbocycles. The van der Waals surface area contributed by atoms with Gasteiger partial charge in [0.1, 0.15) is 40.5 Å². The molecular weight excluding hydrogens is 1160 g/mol. The SMILES string of the molecule is O=S(=O)([O-])c1cc(Cl)c([O-])c(N=Nc2c(S(=O)(=O)[O-])cc3cc(Nc4nc(Cl)nc(Nc5ccc6c([O-])c(N=Nc7cc(S(=O)(=O)[O-])cc(Cl)c7[O-])c(S(=O)(=O)[O-])cc6c5)n4)ccc3c2[O-])c1.[Cu+2].[Cu+2]. The fourth-order valence-electron chi connectivity index (χ4n) is 5.88. The summed E-state index contributed by atoms with van der Waals surface area (Å²) in [4.78, 5) is 7.61. The van der Waals surface area contributed by atoms with Gasteiger partial charge in [-0.3, -0.25) is 0 Å². The van der Waals surface area contributed by atoms with Crippen molar-refractivity contribution in [1.29, 1.82) is 0 Å². The van der Waals surface area contributed by atoms with E-state index >= 15 is 0 Å². The molecule has 0 aliphatic heterocycles. The molecule has 0 atom stereocenters. The van der Waals surface area contributed by atoms with Crippen molar-refractivity contribution in [3.05, 3.63) is 88.1 Å². The van der Waals surface area contributed by atoms with E-state index in [2.05, 4.69) is 46.0 Å². The summed E-state index contributed by atoms with van der Waals surface area (Å²) in [6.45, 7) is 0. The summed E-state index contributed by atoms with van der Waals surface area (Å²) in [7, 11) is -21.4. The molecular formula is C35H14Cl3Cu2N9O16S4-4. The van der Waals surface area contributed by atoms with Gasteiger partial charge < -0.3 is 49.3 Å². The number of hydrogen-bond acceptors (Lipinski definition) is 25. The van der Waals surface area contributed by atoms with Gasteiger partial charge in [0.25, 0.3) is 0 Å². The van der Waals surface area contributed by atoms with Gasteiger partial charge in [-0.1, -0.05) is 58.3 Å². The second kappa shape index (κ2) is 20.0. The van der Waals surface area contributed by atoms with E-state index in [-0.39, 0.29) is 79.0 Å². The first kappa shape index (κ1) is 54.3. The van der Waals surface area contributed by atoms with Gasteiger partial charge in [0.05, 0.1) is 42.3 Å². The fraction of sp³-hybridized carbons (Fsp3) is 0. The Morgan fingerprint density at radius 3 is 1.14 bits per heavy atom. The number of nitrogens with zero attached hydrogens (tertiary/aromatic N) is 7. The minimum atomic E-state index is -5.51. The smallest absolute Gasteiger partial charge is 0.871 e. The molecule has 25 nitrogen and oxygen atoms in total. The van der Waals surface area contributed by atoms with Gasteiger partial charge in [0.15, 0.2) is 0 Å². The van der Waals surface area contributed by atoms with E-state index in [4.69, 9.17) is 34.8 Å². The summed E-state index contributed by atoms with van der Waals surface area (Å²) in [6.07, 6.45) is 0. The Morgan fingerprint density at radius 2 is 0.812 bits per heavy atom. The van der Waals surface area contributed by atoms with Crippen LogP contribution in [0.15, 0.2) is 113 Å². The summed E-state index contributed by atoms with van der Waals surface area (Å²) in [5, 5.41) is 68.1. The molecule has 0 aliphatic rings. The third kappa shape index (κ3) is 11.9. The average molecular weight is 1180 g/mol. The van der Waals surface area contributed by atoms with Crippen LogP contribution in [-0.4, -0.2) is 66.8 Å². The van der Waals surface area contributed by atoms with Crippen molar-refractivity contribution in [3.8, 4) is 23.0 Å². The van der Waals surface area contributed by atoms with Crippen LogP contribution in [0, 0.1) is 0 Å². The predicted molar refractivity (Wildman–Crippen MR) is 220 cm³/mol. The van der Waals surface area contributed by atoms with Crippen molar-refractivity contribution >= 4 is 143 Å². The molecule has 0 fully saturated rings. The first-order valence-electron chi connectivity index (χ1n) is 17.3. The second-order valence-corrected chi connectivity index (χ2v) is 19.8. The molecule has 2 N–H and O–H groups in total. The number of halogens is 3. The molecule has 7 aromatic rings. The normalized spacial score (nSPS) is 12.3. The first-order valence-corrected chi connectivity index (χ1v) is 24.0. The van der Waals surface area contributed by atoms with Gasteiger partial charge in [0, 0.05) is 21.4 Å². The molecule has 1 aromatic heterocycles. The van der Waals surface area contributed by atoms with Crippen molar-refractivity contribution in [3.63, 3.8) is 0 Å². The molecule has 34 heteroatoms. The molecule has 69 heavy (non-hydrogen) atoms. The maximum atomic E-state index is 13.5. The molecule has 1 heterocycles. The number of anilines is 4. The van der Waals surface area contributed by atoms with E-state index in [1.165, 1.54) is 24.3 Å². The third-order valence-corrected chi connectivity index (χ3v) is 12.9.